The first-order valence-electron chi connectivity index (χ1n) is 5.83. The molecule has 0 atom stereocenters. The molecule has 2 heteroatoms. The number of rotatable bonds is 6. The van der Waals surface area contributed by atoms with Crippen LogP contribution in [0.25, 0.3) is 0 Å². The van der Waals surface area contributed by atoms with E-state index in [-0.39, 0.29) is 5.41 Å². The van der Waals surface area contributed by atoms with Crippen LogP contribution in [0.15, 0.2) is 0 Å². The number of hydrogen-bond donors (Lipinski definition) is 2. The van der Waals surface area contributed by atoms with Gasteiger partial charge in [0, 0.05) is 13.1 Å². The molecule has 1 aliphatic rings. The fourth-order valence-corrected chi connectivity index (χ4v) is 1.84. The van der Waals surface area contributed by atoms with Crippen molar-refractivity contribution in [3.05, 3.63) is 0 Å². The zero-order chi connectivity index (χ0) is 10.8. The van der Waals surface area contributed by atoms with Gasteiger partial charge in [0.05, 0.1) is 0 Å². The summed E-state index contributed by atoms with van der Waals surface area (Å²) < 4.78 is 0. The normalized spacial score (nSPS) is 20.1. The Morgan fingerprint density at radius 1 is 1.36 bits per heavy atom. The summed E-state index contributed by atoms with van der Waals surface area (Å²) in [5.41, 5.74) is 6.55. The highest BCUT2D eigenvalue weighted by Crippen LogP contribution is 2.51. The lowest BCUT2D eigenvalue weighted by molar-refractivity contribution is 0.294. The van der Waals surface area contributed by atoms with Gasteiger partial charge in [-0.15, -0.1) is 0 Å². The van der Waals surface area contributed by atoms with Crippen LogP contribution in [-0.4, -0.2) is 19.6 Å². The summed E-state index contributed by atoms with van der Waals surface area (Å²) in [7, 11) is 0. The molecule has 1 fully saturated rings. The highest BCUT2D eigenvalue weighted by molar-refractivity contribution is 4.97. The van der Waals surface area contributed by atoms with Gasteiger partial charge in [0.2, 0.25) is 0 Å². The third-order valence-electron chi connectivity index (χ3n) is 3.75. The number of nitrogens with one attached hydrogen (secondary N) is 1. The highest BCUT2D eigenvalue weighted by Gasteiger charge is 2.44. The second-order valence-electron chi connectivity index (χ2n) is 5.99. The van der Waals surface area contributed by atoms with E-state index in [1.165, 1.54) is 19.4 Å². The van der Waals surface area contributed by atoms with Crippen LogP contribution >= 0.6 is 0 Å². The van der Waals surface area contributed by atoms with Crippen LogP contribution in [0, 0.1) is 16.7 Å². The molecule has 0 aromatic heterocycles. The van der Waals surface area contributed by atoms with Gasteiger partial charge in [-0.05, 0) is 36.1 Å². The van der Waals surface area contributed by atoms with Crippen LogP contribution in [0.5, 0.6) is 0 Å². The van der Waals surface area contributed by atoms with Gasteiger partial charge >= 0.3 is 0 Å². The van der Waals surface area contributed by atoms with E-state index in [9.17, 15) is 0 Å². The van der Waals surface area contributed by atoms with Gasteiger partial charge < -0.3 is 11.1 Å². The molecule has 3 N–H and O–H groups in total. The Kier molecular flexibility index (Phi) is 3.59. The topological polar surface area (TPSA) is 38.0 Å². The van der Waals surface area contributed by atoms with Crippen molar-refractivity contribution in [3.8, 4) is 0 Å². The van der Waals surface area contributed by atoms with Gasteiger partial charge in [0.25, 0.3) is 0 Å². The molecule has 14 heavy (non-hydrogen) atoms. The lowest BCUT2D eigenvalue weighted by atomic mass is 9.90. The molecule has 0 aliphatic heterocycles. The van der Waals surface area contributed by atoms with Crippen molar-refractivity contribution >= 4 is 0 Å². The predicted octanol–water partition coefficient (Wildman–Crippen LogP) is 2.00. The Bertz CT molecular complexity index is 181. The summed E-state index contributed by atoms with van der Waals surface area (Å²) >= 11 is 0. The van der Waals surface area contributed by atoms with Crippen LogP contribution in [0.2, 0.25) is 0 Å². The minimum absolute atomic E-state index is 0.243. The van der Waals surface area contributed by atoms with Gasteiger partial charge in [0.1, 0.15) is 0 Å². The van der Waals surface area contributed by atoms with E-state index in [1.807, 2.05) is 0 Å². The smallest absolute Gasteiger partial charge is 0.00148 e. The van der Waals surface area contributed by atoms with E-state index in [2.05, 4.69) is 33.0 Å². The molecule has 0 heterocycles. The summed E-state index contributed by atoms with van der Waals surface area (Å²) in [6, 6.07) is 0. The maximum atomic E-state index is 5.69. The molecule has 0 spiro atoms. The first-order chi connectivity index (χ1) is 6.42. The Morgan fingerprint density at radius 3 is 2.29 bits per heavy atom. The molecular formula is C12H26N2. The Hall–Kier alpha value is -0.0800. The van der Waals surface area contributed by atoms with Gasteiger partial charge in [-0.1, -0.05) is 27.7 Å². The van der Waals surface area contributed by atoms with Crippen LogP contribution in [-0.2, 0) is 0 Å². The Balaban J connectivity index is 2.22. The molecular weight excluding hydrogens is 172 g/mol. The van der Waals surface area contributed by atoms with Crippen LogP contribution in [0.4, 0.5) is 0 Å². The summed E-state index contributed by atoms with van der Waals surface area (Å²) in [6.07, 6.45) is 2.81. The third-order valence-corrected chi connectivity index (χ3v) is 3.75. The molecule has 0 aromatic rings. The average molecular weight is 198 g/mol. The molecule has 1 aliphatic carbocycles. The molecule has 1 saturated carbocycles. The molecule has 0 saturated heterocycles. The summed E-state index contributed by atoms with van der Waals surface area (Å²) in [4.78, 5) is 0. The zero-order valence-electron chi connectivity index (χ0n) is 10.2. The molecule has 0 bridgehead atoms. The van der Waals surface area contributed by atoms with E-state index >= 15 is 0 Å². The van der Waals surface area contributed by atoms with Crippen molar-refractivity contribution in [2.75, 3.05) is 19.6 Å². The lowest BCUT2D eigenvalue weighted by Gasteiger charge is -2.26. The second kappa shape index (κ2) is 4.19. The Morgan fingerprint density at radius 2 is 1.93 bits per heavy atom. The van der Waals surface area contributed by atoms with Crippen LogP contribution in [0.3, 0.4) is 0 Å². The van der Waals surface area contributed by atoms with Crippen molar-refractivity contribution in [2.45, 2.75) is 40.5 Å². The standard InChI is InChI=1S/C12H26N2/c1-10(2)12(5-6-12)9-14-8-11(3,4)7-13/h10,14H,5-9,13H2,1-4H3. The van der Waals surface area contributed by atoms with E-state index in [0.717, 1.165) is 19.0 Å². The van der Waals surface area contributed by atoms with Crippen molar-refractivity contribution in [3.63, 3.8) is 0 Å². The van der Waals surface area contributed by atoms with Gasteiger partial charge in [-0.25, -0.2) is 0 Å². The SMILES string of the molecule is CC(C)C1(CNCC(C)(C)CN)CC1. The number of hydrogen-bond acceptors (Lipinski definition) is 2. The van der Waals surface area contributed by atoms with Crippen molar-refractivity contribution in [2.24, 2.45) is 22.5 Å². The minimum Gasteiger partial charge on any atom is -0.330 e. The number of nitrogens with two attached hydrogens (primary N) is 1. The quantitative estimate of drug-likeness (QED) is 0.685. The monoisotopic (exact) mass is 198 g/mol. The first-order valence-corrected chi connectivity index (χ1v) is 5.83. The van der Waals surface area contributed by atoms with Gasteiger partial charge in [0.15, 0.2) is 0 Å². The fourth-order valence-electron chi connectivity index (χ4n) is 1.84. The molecule has 1 rings (SSSR count). The van der Waals surface area contributed by atoms with E-state index < -0.39 is 0 Å². The first kappa shape index (κ1) is 12.0. The molecule has 0 unspecified atom stereocenters. The zero-order valence-corrected chi connectivity index (χ0v) is 10.2. The van der Waals surface area contributed by atoms with Crippen molar-refractivity contribution in [1.29, 1.82) is 0 Å². The summed E-state index contributed by atoms with van der Waals surface area (Å²) in [5.74, 6) is 0.816. The lowest BCUT2D eigenvalue weighted by Crippen LogP contribution is -2.38. The maximum Gasteiger partial charge on any atom is 0.00148 e. The largest absolute Gasteiger partial charge is 0.330 e. The average Bonchev–Trinajstić information content (AvgIpc) is 2.85. The van der Waals surface area contributed by atoms with Gasteiger partial charge in [-0.3, -0.25) is 0 Å². The van der Waals surface area contributed by atoms with Crippen LogP contribution in [0.1, 0.15) is 40.5 Å². The Labute approximate surface area is 88.6 Å². The molecule has 2 nitrogen and oxygen atoms in total. The van der Waals surface area contributed by atoms with Crippen molar-refractivity contribution in [1.82, 2.24) is 5.32 Å². The second-order valence-corrected chi connectivity index (χ2v) is 5.99. The predicted molar refractivity (Wildman–Crippen MR) is 62.2 cm³/mol. The molecule has 0 amide bonds. The summed E-state index contributed by atoms with van der Waals surface area (Å²) in [5, 5.41) is 3.58. The molecule has 0 radical (unpaired) electrons. The van der Waals surface area contributed by atoms with E-state index in [0.29, 0.717) is 5.41 Å². The summed E-state index contributed by atoms with van der Waals surface area (Å²) in [6.45, 7) is 12.1. The van der Waals surface area contributed by atoms with Crippen LogP contribution < -0.4 is 11.1 Å². The minimum atomic E-state index is 0.243. The van der Waals surface area contributed by atoms with Gasteiger partial charge in [-0.2, -0.15) is 0 Å². The molecule has 84 valence electrons. The fraction of sp³-hybridized carbons (Fsp3) is 1.00. The van der Waals surface area contributed by atoms with E-state index in [4.69, 9.17) is 5.73 Å². The van der Waals surface area contributed by atoms with Crippen molar-refractivity contribution < 1.29 is 0 Å². The third kappa shape index (κ3) is 2.96. The molecule has 0 aromatic carbocycles. The highest BCUT2D eigenvalue weighted by atomic mass is 14.9. The van der Waals surface area contributed by atoms with E-state index in [1.54, 1.807) is 0 Å². The maximum absolute atomic E-state index is 5.69.